The number of anilines is 1. The lowest BCUT2D eigenvalue weighted by molar-refractivity contribution is -0.116. The SMILES string of the molecule is Cc1ccccc1-c1nc2n(n1)C(c1ccc(F)cc1)C1=C(CCCC1=O)N2. The first-order valence-electron chi connectivity index (χ1n) is 9.43. The number of fused-ring (bicyclic) bond motifs is 1. The van der Waals surface area contributed by atoms with Crippen molar-refractivity contribution >= 4 is 11.7 Å². The number of nitrogens with zero attached hydrogens (tertiary/aromatic N) is 3. The Kier molecular flexibility index (Phi) is 3.86. The Morgan fingerprint density at radius 3 is 2.68 bits per heavy atom. The van der Waals surface area contributed by atoms with Crippen molar-refractivity contribution in [2.45, 2.75) is 32.2 Å². The third kappa shape index (κ3) is 2.64. The third-order valence-corrected chi connectivity index (χ3v) is 5.44. The van der Waals surface area contributed by atoms with Crippen molar-refractivity contribution in [3.05, 3.63) is 76.7 Å². The van der Waals surface area contributed by atoms with Gasteiger partial charge in [0.1, 0.15) is 11.9 Å². The number of carbonyl (C=O) groups excluding carboxylic acids is 1. The molecule has 0 radical (unpaired) electrons. The molecular weight excluding hydrogens is 355 g/mol. The normalized spacial score (nSPS) is 18.5. The Hall–Kier alpha value is -3.28. The van der Waals surface area contributed by atoms with Crippen molar-refractivity contribution in [2.75, 3.05) is 5.32 Å². The van der Waals surface area contributed by atoms with Crippen LogP contribution in [0, 0.1) is 12.7 Å². The minimum atomic E-state index is -0.398. The monoisotopic (exact) mass is 374 g/mol. The molecule has 0 bridgehead atoms. The van der Waals surface area contributed by atoms with E-state index in [2.05, 4.69) is 5.32 Å². The molecule has 140 valence electrons. The molecule has 0 saturated heterocycles. The van der Waals surface area contributed by atoms with Gasteiger partial charge in [0.05, 0.1) is 0 Å². The van der Waals surface area contributed by atoms with E-state index in [-0.39, 0.29) is 11.6 Å². The highest BCUT2D eigenvalue weighted by molar-refractivity contribution is 5.99. The van der Waals surface area contributed by atoms with Gasteiger partial charge in [-0.15, -0.1) is 5.10 Å². The van der Waals surface area contributed by atoms with E-state index in [0.717, 1.165) is 35.2 Å². The number of hydrogen-bond donors (Lipinski definition) is 1. The molecule has 5 rings (SSSR count). The molecule has 0 saturated carbocycles. The van der Waals surface area contributed by atoms with Gasteiger partial charge in [0, 0.05) is 23.3 Å². The van der Waals surface area contributed by atoms with Crippen molar-refractivity contribution in [3.8, 4) is 11.4 Å². The number of benzene rings is 2. The minimum Gasteiger partial charge on any atom is -0.328 e. The lowest BCUT2D eigenvalue weighted by Crippen LogP contribution is -2.31. The second-order valence-corrected chi connectivity index (χ2v) is 7.27. The van der Waals surface area contributed by atoms with E-state index in [4.69, 9.17) is 10.1 Å². The van der Waals surface area contributed by atoms with Crippen LogP contribution in [-0.2, 0) is 4.79 Å². The van der Waals surface area contributed by atoms with E-state index < -0.39 is 6.04 Å². The van der Waals surface area contributed by atoms with Crippen LogP contribution in [0.5, 0.6) is 0 Å². The maximum atomic E-state index is 13.5. The van der Waals surface area contributed by atoms with Gasteiger partial charge in [0.2, 0.25) is 5.95 Å². The fraction of sp³-hybridized carbons (Fsp3) is 0.227. The van der Waals surface area contributed by atoms with E-state index in [1.54, 1.807) is 16.8 Å². The number of halogens is 1. The number of aryl methyl sites for hydroxylation is 1. The molecule has 1 aliphatic carbocycles. The molecule has 28 heavy (non-hydrogen) atoms. The maximum absolute atomic E-state index is 13.5. The summed E-state index contributed by atoms with van der Waals surface area (Å²) >= 11 is 0. The Labute approximate surface area is 161 Å². The molecule has 1 unspecified atom stereocenters. The van der Waals surface area contributed by atoms with Crippen molar-refractivity contribution in [2.24, 2.45) is 0 Å². The molecule has 0 amide bonds. The number of carbonyl (C=O) groups is 1. The molecule has 1 N–H and O–H groups in total. The van der Waals surface area contributed by atoms with Gasteiger partial charge in [-0.3, -0.25) is 4.79 Å². The Morgan fingerprint density at radius 2 is 1.89 bits per heavy atom. The Morgan fingerprint density at radius 1 is 1.11 bits per heavy atom. The summed E-state index contributed by atoms with van der Waals surface area (Å²) in [5, 5.41) is 8.07. The summed E-state index contributed by atoms with van der Waals surface area (Å²) in [6, 6.07) is 13.8. The second kappa shape index (κ2) is 6.41. The molecule has 0 fully saturated rings. The molecule has 6 heteroatoms. The van der Waals surface area contributed by atoms with E-state index in [1.807, 2.05) is 31.2 Å². The first-order chi connectivity index (χ1) is 13.6. The predicted molar refractivity (Wildman–Crippen MR) is 104 cm³/mol. The Bertz CT molecular complexity index is 1110. The highest BCUT2D eigenvalue weighted by atomic mass is 19.1. The van der Waals surface area contributed by atoms with E-state index >= 15 is 0 Å². The number of hydrogen-bond acceptors (Lipinski definition) is 4. The van der Waals surface area contributed by atoms with Crippen LogP contribution in [-0.4, -0.2) is 20.5 Å². The zero-order valence-corrected chi connectivity index (χ0v) is 15.4. The van der Waals surface area contributed by atoms with Crippen molar-refractivity contribution < 1.29 is 9.18 Å². The smallest absolute Gasteiger partial charge is 0.226 e. The molecule has 1 atom stereocenters. The van der Waals surface area contributed by atoms with Crippen LogP contribution in [0.3, 0.4) is 0 Å². The second-order valence-electron chi connectivity index (χ2n) is 7.27. The van der Waals surface area contributed by atoms with E-state index in [0.29, 0.717) is 23.8 Å². The van der Waals surface area contributed by atoms with Gasteiger partial charge in [-0.25, -0.2) is 9.07 Å². The topological polar surface area (TPSA) is 59.8 Å². The van der Waals surface area contributed by atoms with Crippen molar-refractivity contribution in [1.82, 2.24) is 14.8 Å². The lowest BCUT2D eigenvalue weighted by atomic mass is 9.85. The van der Waals surface area contributed by atoms with Crippen LogP contribution in [0.1, 0.15) is 36.4 Å². The largest absolute Gasteiger partial charge is 0.328 e. The van der Waals surface area contributed by atoms with Gasteiger partial charge in [-0.05, 0) is 43.0 Å². The summed E-state index contributed by atoms with van der Waals surface area (Å²) in [5.74, 6) is 1.03. The summed E-state index contributed by atoms with van der Waals surface area (Å²) in [6.07, 6.45) is 2.14. The van der Waals surface area contributed by atoms with Gasteiger partial charge < -0.3 is 5.32 Å². The zero-order valence-electron chi connectivity index (χ0n) is 15.4. The van der Waals surface area contributed by atoms with Crippen LogP contribution in [0.2, 0.25) is 0 Å². The Balaban J connectivity index is 1.69. The average Bonchev–Trinajstić information content (AvgIpc) is 3.11. The fourth-order valence-electron chi connectivity index (χ4n) is 4.05. The van der Waals surface area contributed by atoms with Gasteiger partial charge in [0.15, 0.2) is 11.6 Å². The highest BCUT2D eigenvalue weighted by Gasteiger charge is 2.36. The standard InChI is InChI=1S/C22H19FN4O/c1-13-5-2-3-6-16(13)21-25-22-24-17-7-4-8-18(28)19(17)20(27(22)26-21)14-9-11-15(23)12-10-14/h2-3,5-6,9-12,20H,4,7-8H2,1H3,(H,24,25,26). The van der Waals surface area contributed by atoms with Gasteiger partial charge in [-0.2, -0.15) is 4.98 Å². The van der Waals surface area contributed by atoms with Gasteiger partial charge in [-0.1, -0.05) is 36.4 Å². The van der Waals surface area contributed by atoms with Crippen LogP contribution < -0.4 is 5.32 Å². The van der Waals surface area contributed by atoms with Crippen LogP contribution in [0.25, 0.3) is 11.4 Å². The fourth-order valence-corrected chi connectivity index (χ4v) is 4.05. The molecule has 2 aliphatic rings. The predicted octanol–water partition coefficient (Wildman–Crippen LogP) is 4.41. The number of rotatable bonds is 2. The summed E-state index contributed by atoms with van der Waals surface area (Å²) in [5.41, 5.74) is 4.48. The quantitative estimate of drug-likeness (QED) is 0.722. The average molecular weight is 374 g/mol. The minimum absolute atomic E-state index is 0.113. The molecule has 1 aliphatic heterocycles. The first kappa shape index (κ1) is 16.9. The highest BCUT2D eigenvalue weighted by Crippen LogP contribution is 2.40. The maximum Gasteiger partial charge on any atom is 0.226 e. The van der Waals surface area contributed by atoms with E-state index in [1.165, 1.54) is 12.1 Å². The van der Waals surface area contributed by atoms with Crippen LogP contribution in [0.4, 0.5) is 10.3 Å². The number of nitrogens with one attached hydrogen (secondary N) is 1. The summed E-state index contributed by atoms with van der Waals surface area (Å²) in [6.45, 7) is 2.02. The molecular formula is C22H19FN4O. The molecule has 2 aromatic carbocycles. The number of ketones is 1. The molecule has 5 nitrogen and oxygen atoms in total. The summed E-state index contributed by atoms with van der Waals surface area (Å²) in [7, 11) is 0. The van der Waals surface area contributed by atoms with E-state index in [9.17, 15) is 9.18 Å². The number of aromatic nitrogens is 3. The van der Waals surface area contributed by atoms with Crippen molar-refractivity contribution in [1.29, 1.82) is 0 Å². The molecule has 1 aromatic heterocycles. The lowest BCUT2D eigenvalue weighted by Gasteiger charge is -2.32. The molecule has 2 heterocycles. The first-order valence-corrected chi connectivity index (χ1v) is 9.43. The molecule has 3 aromatic rings. The van der Waals surface area contributed by atoms with Crippen LogP contribution in [0.15, 0.2) is 59.8 Å². The number of Topliss-reactive ketones (excluding diaryl/α,β-unsaturated/α-hetero) is 1. The molecule has 0 spiro atoms. The number of allylic oxidation sites excluding steroid dienone is 2. The zero-order chi connectivity index (χ0) is 19.3. The van der Waals surface area contributed by atoms with Gasteiger partial charge >= 0.3 is 0 Å². The summed E-state index contributed by atoms with van der Waals surface area (Å²) in [4.78, 5) is 17.5. The van der Waals surface area contributed by atoms with Crippen LogP contribution >= 0.6 is 0 Å². The van der Waals surface area contributed by atoms with Crippen molar-refractivity contribution in [3.63, 3.8) is 0 Å². The summed E-state index contributed by atoms with van der Waals surface area (Å²) < 4.78 is 15.3. The third-order valence-electron chi connectivity index (χ3n) is 5.44. The van der Waals surface area contributed by atoms with Gasteiger partial charge in [0.25, 0.3) is 0 Å².